The summed E-state index contributed by atoms with van der Waals surface area (Å²) in [6.45, 7) is 11.9. The number of para-hydroxylation sites is 1. The Bertz CT molecular complexity index is 1940. The number of methoxy groups -OCH3 is 1. The van der Waals surface area contributed by atoms with Gasteiger partial charge in [-0.05, 0) is 63.4 Å². The number of carbonyl (C=O) groups excluding carboxylic acids is 1. The summed E-state index contributed by atoms with van der Waals surface area (Å²) in [7, 11) is 1.42. The summed E-state index contributed by atoms with van der Waals surface area (Å²) in [6.07, 6.45) is -0.445. The van der Waals surface area contributed by atoms with Gasteiger partial charge in [-0.2, -0.15) is 0 Å². The van der Waals surface area contributed by atoms with Gasteiger partial charge in [-0.25, -0.2) is 18.6 Å². The zero-order valence-electron chi connectivity index (χ0n) is 28.2. The normalized spacial score (nSPS) is 17.6. The first kappa shape index (κ1) is 33.2. The van der Waals surface area contributed by atoms with Crippen LogP contribution in [0.1, 0.15) is 53.0 Å². The van der Waals surface area contributed by atoms with Crippen molar-refractivity contribution in [3.63, 3.8) is 0 Å². The number of anilines is 1. The molecular weight excluding hydrogens is 622 g/mol. The molecule has 0 N–H and O–H groups in total. The molecule has 0 unspecified atom stereocenters. The number of fused-ring (bicyclic) bond motifs is 5. The molecule has 4 aromatic rings. The number of aromatic nitrogens is 2. The Labute approximate surface area is 277 Å². The molecular formula is C36H40F2N4O6. The van der Waals surface area contributed by atoms with E-state index in [2.05, 4.69) is 0 Å². The third-order valence-corrected chi connectivity index (χ3v) is 8.56. The summed E-state index contributed by atoms with van der Waals surface area (Å²) in [6, 6.07) is 12.2. The Hall–Kier alpha value is -4.71. The van der Waals surface area contributed by atoms with Crippen LogP contribution in [0.15, 0.2) is 53.3 Å². The van der Waals surface area contributed by atoms with Crippen molar-refractivity contribution < 1.29 is 32.5 Å². The van der Waals surface area contributed by atoms with Gasteiger partial charge in [-0.3, -0.25) is 9.36 Å². The van der Waals surface area contributed by atoms with Crippen molar-refractivity contribution in [3.05, 3.63) is 76.1 Å². The third-order valence-electron chi connectivity index (χ3n) is 8.56. The molecule has 1 fully saturated rings. The minimum absolute atomic E-state index is 0.0202. The van der Waals surface area contributed by atoms with Crippen LogP contribution >= 0.6 is 0 Å². The van der Waals surface area contributed by atoms with Gasteiger partial charge in [0, 0.05) is 31.6 Å². The van der Waals surface area contributed by atoms with Crippen LogP contribution in [0.3, 0.4) is 0 Å². The van der Waals surface area contributed by atoms with Crippen molar-refractivity contribution in [2.45, 2.75) is 65.1 Å². The summed E-state index contributed by atoms with van der Waals surface area (Å²) in [4.78, 5) is 36.1. The van der Waals surface area contributed by atoms with Crippen LogP contribution in [0.4, 0.5) is 19.3 Å². The van der Waals surface area contributed by atoms with Gasteiger partial charge in [0.25, 0.3) is 0 Å². The van der Waals surface area contributed by atoms with Gasteiger partial charge in [0.2, 0.25) is 5.75 Å². The first-order chi connectivity index (χ1) is 22.8. The van der Waals surface area contributed by atoms with Crippen LogP contribution in [0.2, 0.25) is 0 Å². The lowest BCUT2D eigenvalue weighted by Crippen LogP contribution is -2.62. The van der Waals surface area contributed by atoms with Crippen molar-refractivity contribution >= 4 is 22.8 Å². The minimum Gasteiger partial charge on any atom is -0.484 e. The molecule has 2 aromatic carbocycles. The zero-order valence-corrected chi connectivity index (χ0v) is 28.2. The second-order valence-corrected chi connectivity index (χ2v) is 13.5. The first-order valence-corrected chi connectivity index (χ1v) is 16.0. The minimum atomic E-state index is -0.818. The number of rotatable bonds is 6. The molecule has 0 saturated carbocycles. The lowest BCUT2D eigenvalue weighted by molar-refractivity contribution is 0.00991. The fourth-order valence-corrected chi connectivity index (χ4v) is 6.42. The molecule has 6 rings (SSSR count). The van der Waals surface area contributed by atoms with Gasteiger partial charge in [0.1, 0.15) is 29.5 Å². The number of hydrogen-bond donors (Lipinski definition) is 0. The van der Waals surface area contributed by atoms with Gasteiger partial charge in [-0.1, -0.05) is 38.1 Å². The fraction of sp³-hybridized carbons (Fsp3) is 0.417. The molecule has 10 nitrogen and oxygen atoms in total. The van der Waals surface area contributed by atoms with Crippen LogP contribution in [-0.2, 0) is 9.47 Å². The van der Waals surface area contributed by atoms with Crippen molar-refractivity contribution in [3.8, 4) is 28.4 Å². The summed E-state index contributed by atoms with van der Waals surface area (Å²) >= 11 is 0. The lowest BCUT2D eigenvalue weighted by Gasteiger charge is -2.48. The largest absolute Gasteiger partial charge is 0.484 e. The van der Waals surface area contributed by atoms with Crippen LogP contribution in [0, 0.1) is 11.6 Å². The number of nitrogens with zero attached hydrogens (tertiary/aromatic N) is 4. The monoisotopic (exact) mass is 662 g/mol. The SMILES string of the molecule is COCOc1cccc(F)c1-c1nc2c(cc1F)c1c(c(=O)n2-c2ccccc2C(C)C)OC[C@H]2CN(C(=O)OC(C)(C)C)[C@H](C)CN12. The molecule has 2 aromatic heterocycles. The van der Waals surface area contributed by atoms with Crippen LogP contribution in [0.5, 0.6) is 11.5 Å². The first-order valence-electron chi connectivity index (χ1n) is 16.0. The van der Waals surface area contributed by atoms with E-state index < -0.39 is 28.9 Å². The highest BCUT2D eigenvalue weighted by molar-refractivity contribution is 5.96. The maximum Gasteiger partial charge on any atom is 0.410 e. The van der Waals surface area contributed by atoms with Crippen molar-refractivity contribution in [2.75, 3.05) is 38.5 Å². The number of amides is 1. The Balaban J connectivity index is 1.60. The van der Waals surface area contributed by atoms with E-state index in [1.165, 1.54) is 35.9 Å². The van der Waals surface area contributed by atoms with Gasteiger partial charge in [0.05, 0.1) is 23.0 Å². The maximum absolute atomic E-state index is 16.4. The number of benzene rings is 2. The predicted octanol–water partition coefficient (Wildman–Crippen LogP) is 6.64. The molecule has 2 aliphatic heterocycles. The predicted molar refractivity (Wildman–Crippen MR) is 178 cm³/mol. The molecule has 48 heavy (non-hydrogen) atoms. The van der Waals surface area contributed by atoms with Gasteiger partial charge >= 0.3 is 11.7 Å². The van der Waals surface area contributed by atoms with Crippen LogP contribution in [-0.4, -0.2) is 71.8 Å². The molecule has 12 heteroatoms. The number of carbonyl (C=O) groups is 1. The molecule has 1 saturated heterocycles. The Morgan fingerprint density at radius 1 is 1.08 bits per heavy atom. The Morgan fingerprint density at radius 2 is 1.83 bits per heavy atom. The lowest BCUT2D eigenvalue weighted by atomic mass is 9.99. The summed E-state index contributed by atoms with van der Waals surface area (Å²) in [5.41, 5.74) is 0.226. The van der Waals surface area contributed by atoms with E-state index in [4.69, 9.17) is 23.9 Å². The highest BCUT2D eigenvalue weighted by Crippen LogP contribution is 2.43. The smallest absolute Gasteiger partial charge is 0.410 e. The number of piperazine rings is 1. The van der Waals surface area contributed by atoms with Crippen LogP contribution in [0.25, 0.3) is 28.0 Å². The quantitative estimate of drug-likeness (QED) is 0.212. The Morgan fingerprint density at radius 3 is 2.54 bits per heavy atom. The Kier molecular flexibility index (Phi) is 8.80. The van der Waals surface area contributed by atoms with E-state index in [9.17, 15) is 9.59 Å². The van der Waals surface area contributed by atoms with E-state index in [1.807, 2.05) is 64.6 Å². The molecule has 4 heterocycles. The van der Waals surface area contributed by atoms with E-state index >= 15 is 8.78 Å². The highest BCUT2D eigenvalue weighted by Gasteiger charge is 2.42. The van der Waals surface area contributed by atoms with Crippen molar-refractivity contribution in [2.24, 2.45) is 0 Å². The molecule has 0 bridgehead atoms. The molecule has 2 atom stereocenters. The number of pyridine rings is 2. The average molecular weight is 663 g/mol. The third kappa shape index (κ3) is 5.93. The van der Waals surface area contributed by atoms with E-state index in [0.717, 1.165) is 5.56 Å². The zero-order chi connectivity index (χ0) is 34.5. The topological polar surface area (TPSA) is 95.4 Å². The number of ether oxygens (including phenoxy) is 4. The van der Waals surface area contributed by atoms with Gasteiger partial charge in [-0.15, -0.1) is 0 Å². The van der Waals surface area contributed by atoms with E-state index in [-0.39, 0.29) is 66.3 Å². The maximum atomic E-state index is 16.4. The summed E-state index contributed by atoms with van der Waals surface area (Å²) in [5.74, 6) is -1.46. The molecule has 0 spiro atoms. The molecule has 2 aliphatic rings. The number of hydrogen-bond acceptors (Lipinski definition) is 8. The van der Waals surface area contributed by atoms with Gasteiger partial charge in [0.15, 0.2) is 18.3 Å². The molecule has 1 amide bonds. The average Bonchev–Trinajstić information content (AvgIpc) is 3.03. The molecule has 254 valence electrons. The second-order valence-electron chi connectivity index (χ2n) is 13.5. The standard InChI is InChI=1S/C36H40F2N4O6/c1-20(2)23-11-8-9-13-27(23)42-33-24(15-26(38)30(39-33)29-25(37)12-10-14-28(29)47-19-45-7)31-32(34(42)43)46-18-22-17-40(21(3)16-41(22)31)35(44)48-36(4,5)6/h8-15,20-22H,16-19H2,1-7H3/t21-,22-/m1/s1. The molecule has 0 aliphatic carbocycles. The van der Waals surface area contributed by atoms with Crippen molar-refractivity contribution in [1.82, 2.24) is 14.5 Å². The number of halogens is 2. The highest BCUT2D eigenvalue weighted by atomic mass is 19.1. The van der Waals surface area contributed by atoms with Crippen molar-refractivity contribution in [1.29, 1.82) is 0 Å². The second kappa shape index (κ2) is 12.7. The molecule has 0 radical (unpaired) electrons. The summed E-state index contributed by atoms with van der Waals surface area (Å²) in [5, 5.41) is 0.308. The summed E-state index contributed by atoms with van der Waals surface area (Å²) < 4.78 is 55.8. The van der Waals surface area contributed by atoms with Crippen LogP contribution < -0.4 is 19.9 Å². The fourth-order valence-electron chi connectivity index (χ4n) is 6.42. The van der Waals surface area contributed by atoms with E-state index in [0.29, 0.717) is 23.3 Å². The van der Waals surface area contributed by atoms with Gasteiger partial charge < -0.3 is 28.7 Å². The van der Waals surface area contributed by atoms with E-state index in [1.54, 1.807) is 11.0 Å².